The minimum Gasteiger partial charge on any atom is -0.496 e. The number of amides is 2. The summed E-state index contributed by atoms with van der Waals surface area (Å²) in [6.07, 6.45) is 0. The molecule has 0 saturated carbocycles. The number of aromatic nitrogens is 1. The summed E-state index contributed by atoms with van der Waals surface area (Å²) in [6.45, 7) is 1.82. The molecule has 2 N–H and O–H groups in total. The molecule has 10 nitrogen and oxygen atoms in total. The molecule has 1 saturated heterocycles. The Balaban J connectivity index is 1.80. The Hall–Kier alpha value is -2.95. The molecule has 1 atom stereocenters. The van der Waals surface area contributed by atoms with Crippen LogP contribution in [0.15, 0.2) is 12.1 Å². The van der Waals surface area contributed by atoms with Gasteiger partial charge in [0.15, 0.2) is 21.3 Å². The molecule has 1 fully saturated rings. The molecule has 1 unspecified atom stereocenters. The summed E-state index contributed by atoms with van der Waals surface area (Å²) in [6, 6.07) is 2.45. The molecule has 3 rings (SSSR count). The molecule has 0 radical (unpaired) electrons. The molecule has 0 spiro atoms. The molecule has 2 heterocycles. The van der Waals surface area contributed by atoms with Crippen LogP contribution in [0.4, 0.5) is 0 Å². The number of carbonyl (C=O) groups is 2. The van der Waals surface area contributed by atoms with E-state index in [0.717, 1.165) is 0 Å². The number of rotatable bonds is 6. The second-order valence-corrected chi connectivity index (χ2v) is 9.26. The van der Waals surface area contributed by atoms with E-state index in [1.54, 1.807) is 19.1 Å². The van der Waals surface area contributed by atoms with Gasteiger partial charge in [0, 0.05) is 24.5 Å². The second kappa shape index (κ2) is 8.42. The third-order valence-electron chi connectivity index (χ3n) is 5.06. The van der Waals surface area contributed by atoms with Crippen LogP contribution >= 0.6 is 0 Å². The first kappa shape index (κ1) is 21.8. The summed E-state index contributed by atoms with van der Waals surface area (Å²) in [5.41, 5.74) is 0.745. The van der Waals surface area contributed by atoms with Gasteiger partial charge < -0.3 is 29.4 Å². The van der Waals surface area contributed by atoms with Crippen LogP contribution in [0.3, 0.4) is 0 Å². The molecule has 2 amide bonds. The first-order chi connectivity index (χ1) is 14.2. The van der Waals surface area contributed by atoms with E-state index < -0.39 is 21.8 Å². The van der Waals surface area contributed by atoms with Crippen molar-refractivity contribution >= 4 is 32.6 Å². The van der Waals surface area contributed by atoms with E-state index in [1.165, 1.54) is 26.2 Å². The largest absolute Gasteiger partial charge is 0.496 e. The zero-order chi connectivity index (χ0) is 22.1. The molecule has 0 bridgehead atoms. The van der Waals surface area contributed by atoms with Gasteiger partial charge in [-0.05, 0) is 13.0 Å². The summed E-state index contributed by atoms with van der Waals surface area (Å²) in [4.78, 5) is 29.8. The van der Waals surface area contributed by atoms with Gasteiger partial charge in [-0.15, -0.1) is 0 Å². The fourth-order valence-electron chi connectivity index (χ4n) is 3.40. The van der Waals surface area contributed by atoms with Crippen molar-refractivity contribution in [2.24, 2.45) is 0 Å². The minimum absolute atomic E-state index is 0.0666. The normalized spacial score (nSPS) is 16.7. The minimum atomic E-state index is -3.10. The van der Waals surface area contributed by atoms with Gasteiger partial charge in [0.25, 0.3) is 5.91 Å². The lowest BCUT2D eigenvalue weighted by molar-refractivity contribution is -0.132. The Kier molecular flexibility index (Phi) is 6.11. The highest BCUT2D eigenvalue weighted by molar-refractivity contribution is 7.91. The highest BCUT2D eigenvalue weighted by Gasteiger charge is 2.29. The molecule has 2 aromatic rings. The molecule has 0 aliphatic carbocycles. The number of carbonyl (C=O) groups excluding carboxylic acids is 2. The molecule has 1 aliphatic rings. The zero-order valence-corrected chi connectivity index (χ0v) is 18.1. The highest BCUT2D eigenvalue weighted by Crippen LogP contribution is 2.41. The number of benzene rings is 1. The predicted octanol–water partition coefficient (Wildman–Crippen LogP) is 0.569. The lowest BCUT2D eigenvalue weighted by Crippen LogP contribution is -2.51. The van der Waals surface area contributed by atoms with Crippen molar-refractivity contribution in [3.8, 4) is 17.2 Å². The molecule has 1 aromatic heterocycles. The van der Waals surface area contributed by atoms with Crippen LogP contribution in [0.25, 0.3) is 10.9 Å². The number of sulfone groups is 1. The van der Waals surface area contributed by atoms with E-state index in [9.17, 15) is 18.0 Å². The number of aromatic amines is 1. The number of nitrogens with zero attached hydrogens (tertiary/aromatic N) is 1. The van der Waals surface area contributed by atoms with Crippen LogP contribution in [0.1, 0.15) is 17.4 Å². The monoisotopic (exact) mass is 439 g/mol. The summed E-state index contributed by atoms with van der Waals surface area (Å²) < 4.78 is 39.2. The van der Waals surface area contributed by atoms with Crippen LogP contribution in [0.2, 0.25) is 0 Å². The highest BCUT2D eigenvalue weighted by atomic mass is 32.2. The van der Waals surface area contributed by atoms with Crippen LogP contribution in [-0.4, -0.2) is 82.1 Å². The van der Waals surface area contributed by atoms with Crippen LogP contribution in [0.5, 0.6) is 17.2 Å². The Bertz CT molecular complexity index is 1060. The van der Waals surface area contributed by atoms with Gasteiger partial charge in [0.05, 0.1) is 38.4 Å². The number of hydrogen-bond donors (Lipinski definition) is 2. The van der Waals surface area contributed by atoms with E-state index in [1.807, 2.05) is 0 Å². The number of methoxy groups -OCH3 is 3. The fraction of sp³-hybridized carbons (Fsp3) is 0.474. The first-order valence-corrected chi connectivity index (χ1v) is 11.1. The molecule has 1 aromatic carbocycles. The van der Waals surface area contributed by atoms with E-state index >= 15 is 0 Å². The van der Waals surface area contributed by atoms with Crippen LogP contribution in [0, 0.1) is 0 Å². The molecule has 11 heteroatoms. The first-order valence-electron chi connectivity index (χ1n) is 9.32. The van der Waals surface area contributed by atoms with Crippen molar-refractivity contribution in [2.45, 2.75) is 13.0 Å². The molecule has 30 heavy (non-hydrogen) atoms. The lowest BCUT2D eigenvalue weighted by atomic mass is 10.2. The van der Waals surface area contributed by atoms with Gasteiger partial charge in [-0.2, -0.15) is 0 Å². The van der Waals surface area contributed by atoms with Crippen molar-refractivity contribution in [1.82, 2.24) is 15.2 Å². The maximum atomic E-state index is 12.7. The van der Waals surface area contributed by atoms with Gasteiger partial charge >= 0.3 is 0 Å². The number of ether oxygens (including phenoxy) is 3. The zero-order valence-electron chi connectivity index (χ0n) is 17.3. The third-order valence-corrected chi connectivity index (χ3v) is 6.67. The summed E-state index contributed by atoms with van der Waals surface area (Å²) in [5, 5.41) is 3.28. The Morgan fingerprint density at radius 3 is 2.27 bits per heavy atom. The molecule has 1 aliphatic heterocycles. The van der Waals surface area contributed by atoms with Gasteiger partial charge in [0.1, 0.15) is 17.5 Å². The van der Waals surface area contributed by atoms with Gasteiger partial charge in [0.2, 0.25) is 5.91 Å². The average Bonchev–Trinajstić information content (AvgIpc) is 3.17. The number of H-pyrrole nitrogens is 1. The van der Waals surface area contributed by atoms with Crippen LogP contribution < -0.4 is 19.5 Å². The van der Waals surface area contributed by atoms with Crippen molar-refractivity contribution in [1.29, 1.82) is 0 Å². The van der Waals surface area contributed by atoms with Crippen molar-refractivity contribution < 1.29 is 32.2 Å². The molecule has 164 valence electrons. The van der Waals surface area contributed by atoms with E-state index in [-0.39, 0.29) is 36.2 Å². The maximum Gasteiger partial charge on any atom is 0.268 e. The quantitative estimate of drug-likeness (QED) is 0.674. The van der Waals surface area contributed by atoms with Gasteiger partial charge in [-0.1, -0.05) is 0 Å². The number of nitrogens with one attached hydrogen (secondary N) is 2. The van der Waals surface area contributed by atoms with Crippen LogP contribution in [-0.2, 0) is 14.6 Å². The van der Waals surface area contributed by atoms with Gasteiger partial charge in [-0.25, -0.2) is 8.42 Å². The average molecular weight is 439 g/mol. The summed E-state index contributed by atoms with van der Waals surface area (Å²) >= 11 is 0. The third kappa shape index (κ3) is 4.16. The molecular weight excluding hydrogens is 414 g/mol. The summed E-state index contributed by atoms with van der Waals surface area (Å²) in [5.74, 6) is 0.416. The second-order valence-electron chi connectivity index (χ2n) is 6.96. The number of hydrogen-bond acceptors (Lipinski definition) is 7. The van der Waals surface area contributed by atoms with Crippen molar-refractivity contribution in [3.05, 3.63) is 17.8 Å². The Labute approximate surface area is 174 Å². The van der Waals surface area contributed by atoms with E-state index in [2.05, 4.69) is 10.3 Å². The predicted molar refractivity (Wildman–Crippen MR) is 110 cm³/mol. The SMILES string of the molecule is COc1cc(OC)c2cc(C(=O)NC(C)C(=O)N3CCS(=O)(=O)CC3)[nH]c2c1OC. The van der Waals surface area contributed by atoms with Gasteiger partial charge in [-0.3, -0.25) is 9.59 Å². The Morgan fingerprint density at radius 2 is 1.70 bits per heavy atom. The van der Waals surface area contributed by atoms with Crippen molar-refractivity contribution in [3.63, 3.8) is 0 Å². The van der Waals surface area contributed by atoms with E-state index in [0.29, 0.717) is 28.2 Å². The lowest BCUT2D eigenvalue weighted by Gasteiger charge is -2.29. The Morgan fingerprint density at radius 1 is 1.07 bits per heavy atom. The summed E-state index contributed by atoms with van der Waals surface area (Å²) in [7, 11) is 1.40. The molecular formula is C19H25N3O7S. The fourth-order valence-corrected chi connectivity index (χ4v) is 4.60. The number of fused-ring (bicyclic) bond motifs is 1. The van der Waals surface area contributed by atoms with E-state index in [4.69, 9.17) is 14.2 Å². The maximum absolute atomic E-state index is 12.7. The topological polar surface area (TPSA) is 127 Å². The standard InChI is InChI=1S/C19H25N3O7S/c1-11(19(24)22-5-7-30(25,26)8-6-22)20-18(23)13-9-12-14(27-2)10-15(28-3)17(29-4)16(12)21-13/h9-11,21H,5-8H2,1-4H3,(H,20,23). The smallest absolute Gasteiger partial charge is 0.268 e. The van der Waals surface area contributed by atoms with Crippen molar-refractivity contribution in [2.75, 3.05) is 45.9 Å².